The van der Waals surface area contributed by atoms with Crippen LogP contribution < -0.4 is 0 Å². The fourth-order valence-electron chi connectivity index (χ4n) is 1.05. The van der Waals surface area contributed by atoms with Gasteiger partial charge in [0.25, 0.3) is 0 Å². The molecule has 0 fully saturated rings. The molecule has 3 heteroatoms. The number of aromatic nitrogens is 1. The Hall–Kier alpha value is -1.18. The average molecular weight is 236 g/mol. The molecule has 0 amide bonds. The number of hydrogen-bond donors (Lipinski definition) is 0. The number of hydrogen-bond acceptors (Lipinski definition) is 2. The van der Waals surface area contributed by atoms with Gasteiger partial charge in [-0.25, -0.2) is 0 Å². The zero-order valence-corrected chi connectivity index (χ0v) is 8.52. The number of rotatable bonds is 2. The summed E-state index contributed by atoms with van der Waals surface area (Å²) in [6.45, 7) is 0. The maximum atomic E-state index is 10.4. The van der Waals surface area contributed by atoms with Gasteiger partial charge in [-0.3, -0.25) is 0 Å². The van der Waals surface area contributed by atoms with Crippen LogP contribution in [-0.4, -0.2) is 25.8 Å². The molecule has 0 saturated heterocycles. The van der Waals surface area contributed by atoms with Crippen molar-refractivity contribution in [2.24, 2.45) is 0 Å². The number of carbonyl (C=O) groups is 1. The molecule has 0 N–H and O–H groups in total. The van der Waals surface area contributed by atoms with Crippen LogP contribution in [0.5, 0.6) is 0 Å². The van der Waals surface area contributed by atoms with Gasteiger partial charge in [0.1, 0.15) is 0 Å². The van der Waals surface area contributed by atoms with Crippen LogP contribution in [0.15, 0.2) is 35.3 Å². The van der Waals surface area contributed by atoms with Crippen LogP contribution in [0.4, 0.5) is 0 Å². The van der Waals surface area contributed by atoms with Crippen molar-refractivity contribution in [3.63, 3.8) is 0 Å². The van der Waals surface area contributed by atoms with Crippen LogP contribution in [0.2, 0.25) is 0 Å². The second kappa shape index (κ2) is 3.69. The molecule has 0 aliphatic carbocycles. The Kier molecular flexibility index (Phi) is 2.39. The summed E-state index contributed by atoms with van der Waals surface area (Å²) < 4.78 is 1.04. The molecule has 2 rings (SSSR count). The molecule has 0 aliphatic heterocycles. The normalized spacial score (nSPS) is 9.85. The molecule has 0 aliphatic rings. The summed E-state index contributed by atoms with van der Waals surface area (Å²) in [4.78, 5) is 16.5. The third kappa shape index (κ3) is 1.77. The Morgan fingerprint density at radius 1 is 1.23 bits per heavy atom. The molecule has 0 saturated carbocycles. The van der Waals surface area contributed by atoms with E-state index in [9.17, 15) is 4.79 Å². The van der Waals surface area contributed by atoms with Crippen molar-refractivity contribution < 1.29 is 4.79 Å². The summed E-state index contributed by atoms with van der Waals surface area (Å²) in [5.41, 5.74) is 1.69. The zero-order chi connectivity index (χ0) is 9.10. The minimum atomic E-state index is 0.220. The van der Waals surface area contributed by atoms with Gasteiger partial charge in [-0.05, 0) is 0 Å². The monoisotopic (exact) mass is 237 g/mol. The van der Waals surface area contributed by atoms with Gasteiger partial charge in [-0.1, -0.05) is 0 Å². The molecule has 0 atom stereocenters. The number of carbonyl (C=O) groups excluding carboxylic acids is 1. The second-order valence-electron chi connectivity index (χ2n) is 2.56. The third-order valence-corrected chi connectivity index (χ3v) is 3.57. The first kappa shape index (κ1) is 8.42. The molecule has 0 radical (unpaired) electrons. The topological polar surface area (TPSA) is 30.0 Å². The summed E-state index contributed by atoms with van der Waals surface area (Å²) in [5, 5.41) is 0. The van der Waals surface area contributed by atoms with Gasteiger partial charge in [0.05, 0.1) is 0 Å². The van der Waals surface area contributed by atoms with E-state index in [4.69, 9.17) is 0 Å². The summed E-state index contributed by atoms with van der Waals surface area (Å²) in [7, 11) is 0. The van der Waals surface area contributed by atoms with E-state index in [0.717, 1.165) is 16.4 Å². The van der Waals surface area contributed by atoms with Crippen molar-refractivity contribution in [3.05, 3.63) is 41.0 Å². The van der Waals surface area contributed by atoms with Gasteiger partial charge in [-0.2, -0.15) is 0 Å². The molecular formula is C10H7NOSe. The first-order chi connectivity index (χ1) is 6.40. The van der Waals surface area contributed by atoms with E-state index in [0.29, 0.717) is 5.69 Å². The van der Waals surface area contributed by atoms with Crippen molar-refractivity contribution in [3.8, 4) is 10.1 Å². The van der Waals surface area contributed by atoms with Crippen LogP contribution in [0, 0.1) is 0 Å². The number of benzene rings is 1. The van der Waals surface area contributed by atoms with Crippen molar-refractivity contribution in [2.45, 2.75) is 0 Å². The van der Waals surface area contributed by atoms with Gasteiger partial charge in [-0.15, -0.1) is 0 Å². The van der Waals surface area contributed by atoms with E-state index < -0.39 is 0 Å². The summed E-state index contributed by atoms with van der Waals surface area (Å²) >= 11 is 0.220. The van der Waals surface area contributed by atoms with Crippen LogP contribution in [0.25, 0.3) is 10.1 Å². The van der Waals surface area contributed by atoms with Crippen LogP contribution in [0.1, 0.15) is 10.5 Å². The Bertz CT molecular complexity index is 408. The fourth-order valence-corrected chi connectivity index (χ4v) is 2.67. The van der Waals surface area contributed by atoms with Crippen molar-refractivity contribution in [1.29, 1.82) is 0 Å². The Morgan fingerprint density at radius 3 is 2.62 bits per heavy atom. The zero-order valence-electron chi connectivity index (χ0n) is 6.81. The van der Waals surface area contributed by atoms with E-state index in [1.54, 1.807) is 0 Å². The summed E-state index contributed by atoms with van der Waals surface area (Å²) in [6.07, 6.45) is 0.803. The van der Waals surface area contributed by atoms with Crippen LogP contribution in [-0.2, 0) is 0 Å². The third-order valence-electron chi connectivity index (χ3n) is 1.66. The first-order valence-corrected chi connectivity index (χ1v) is 5.71. The van der Waals surface area contributed by atoms with Gasteiger partial charge >= 0.3 is 81.7 Å². The minimum absolute atomic E-state index is 0.220. The van der Waals surface area contributed by atoms with Crippen LogP contribution >= 0.6 is 0 Å². The van der Waals surface area contributed by atoms with Gasteiger partial charge < -0.3 is 0 Å². The molecule has 13 heavy (non-hydrogen) atoms. The maximum absolute atomic E-state index is 10.4. The predicted molar refractivity (Wildman–Crippen MR) is 52.0 cm³/mol. The van der Waals surface area contributed by atoms with E-state index >= 15 is 0 Å². The average Bonchev–Trinajstić information content (AvgIpc) is 2.67. The number of nitrogens with zero attached hydrogens (tertiary/aromatic N) is 1. The fraction of sp³-hybridized carbons (Fsp3) is 0. The van der Waals surface area contributed by atoms with Crippen molar-refractivity contribution >= 4 is 20.8 Å². The van der Waals surface area contributed by atoms with Gasteiger partial charge in [0, 0.05) is 0 Å². The van der Waals surface area contributed by atoms with Gasteiger partial charge in [0.2, 0.25) is 0 Å². The predicted octanol–water partition coefficient (Wildman–Crippen LogP) is 1.62. The Balaban J connectivity index is 2.41. The molecule has 0 bridgehead atoms. The summed E-state index contributed by atoms with van der Waals surface area (Å²) in [6, 6.07) is 9.96. The molecule has 0 spiro atoms. The van der Waals surface area contributed by atoms with E-state index in [2.05, 4.69) is 4.98 Å². The quantitative estimate of drug-likeness (QED) is 0.585. The molecule has 2 nitrogen and oxygen atoms in total. The van der Waals surface area contributed by atoms with Crippen molar-refractivity contribution in [1.82, 2.24) is 4.98 Å². The van der Waals surface area contributed by atoms with E-state index in [1.807, 2.05) is 35.3 Å². The van der Waals surface area contributed by atoms with Gasteiger partial charge in [0.15, 0.2) is 0 Å². The van der Waals surface area contributed by atoms with Crippen LogP contribution in [0.3, 0.4) is 0 Å². The Morgan fingerprint density at radius 2 is 2.00 bits per heavy atom. The Labute approximate surface area is 82.0 Å². The molecule has 1 heterocycles. The SMILES string of the molecule is O=Cc1c[se]c(-c2ccccc2)n1. The second-order valence-corrected chi connectivity index (χ2v) is 4.36. The van der Waals surface area contributed by atoms with E-state index in [1.165, 1.54) is 0 Å². The molecule has 0 unspecified atom stereocenters. The molecular weight excluding hydrogens is 229 g/mol. The van der Waals surface area contributed by atoms with E-state index in [-0.39, 0.29) is 14.5 Å². The molecule has 2 aromatic rings. The molecule has 1 aromatic heterocycles. The van der Waals surface area contributed by atoms with Crippen molar-refractivity contribution in [2.75, 3.05) is 0 Å². The molecule has 1 aromatic carbocycles. The standard InChI is InChI=1S/C10H7NOSe/c12-6-9-7-13-10(11-9)8-4-2-1-3-5-8/h1-7H. The number of aldehydes is 1. The first-order valence-electron chi connectivity index (χ1n) is 3.86. The molecule has 64 valence electrons. The summed E-state index contributed by atoms with van der Waals surface area (Å²) in [5.74, 6) is 0.